The average Bonchev–Trinajstić information content (AvgIpc) is 2.26. The van der Waals surface area contributed by atoms with Gasteiger partial charge in [0.05, 0.1) is 0 Å². The van der Waals surface area contributed by atoms with Gasteiger partial charge in [0.25, 0.3) is 0 Å². The molecule has 0 saturated carbocycles. The number of halogens is 5. The topological polar surface area (TPSA) is 0 Å². The molecule has 2 aromatic rings. The molecule has 2 rings (SSSR count). The van der Waals surface area contributed by atoms with E-state index in [4.69, 9.17) is 0 Å². The van der Waals surface area contributed by atoms with Crippen LogP contribution < -0.4 is 21.2 Å². The monoisotopic (exact) mass is 396 g/mol. The summed E-state index contributed by atoms with van der Waals surface area (Å²) in [4.78, 5) is 0. The fraction of sp³-hybridized carbons (Fsp3) is 0.143. The Labute approximate surface area is 126 Å². The maximum Gasteiger partial charge on any atom is 0.673 e. The summed E-state index contributed by atoms with van der Waals surface area (Å²) in [6.07, 6.45) is 0. The van der Waals surface area contributed by atoms with Crippen LogP contribution in [0.15, 0.2) is 48.5 Å². The van der Waals surface area contributed by atoms with Crippen LogP contribution in [0.3, 0.4) is 0 Å². The second-order valence-electron chi connectivity index (χ2n) is 4.19. The van der Waals surface area contributed by atoms with Gasteiger partial charge in [-0.1, -0.05) is 24.3 Å². The lowest BCUT2D eigenvalue weighted by atomic mass is 10.2. The fourth-order valence-corrected chi connectivity index (χ4v) is 4.24. The van der Waals surface area contributed by atoms with Crippen molar-refractivity contribution in [1.82, 2.24) is 0 Å². The molecule has 0 aromatic heterocycles. The quantitative estimate of drug-likeness (QED) is 0.413. The Morgan fingerprint density at radius 1 is 0.750 bits per heavy atom. The largest absolute Gasteiger partial charge is 0.673 e. The lowest BCUT2D eigenvalue weighted by molar-refractivity contribution is -0.597. The zero-order chi connectivity index (χ0) is 15.2. The Bertz CT molecular complexity index is 505. The minimum absolute atomic E-state index is 0.00484. The summed E-state index contributed by atoms with van der Waals surface area (Å²) >= 11 is -0.00484. The van der Waals surface area contributed by atoms with Gasteiger partial charge in [0.1, 0.15) is 0 Å². The van der Waals surface area contributed by atoms with Crippen molar-refractivity contribution in [3.05, 3.63) is 66.8 Å². The molecule has 0 bridgehead atoms. The Morgan fingerprint density at radius 3 is 1.40 bits per heavy atom. The van der Waals surface area contributed by atoms with Crippen molar-refractivity contribution < 1.29 is 38.5 Å². The maximum absolute atomic E-state index is 9.75. The summed E-state index contributed by atoms with van der Waals surface area (Å²) in [6.45, 7) is 4.31. The van der Waals surface area contributed by atoms with Crippen LogP contribution in [0.2, 0.25) is 0 Å². The van der Waals surface area contributed by atoms with Gasteiger partial charge < -0.3 is 17.3 Å². The standard InChI is InChI=1S/C14H14I.BF4/c1-11-5-3-7-13(9-11)15-14-8-4-6-12(2)10-14;2-1(3,4)5/h3-10H,1-2H3;/q+1;-1. The molecule has 0 aliphatic rings. The van der Waals surface area contributed by atoms with Crippen LogP contribution in [-0.2, 0) is 0 Å². The first kappa shape index (κ1) is 17.0. The highest BCUT2D eigenvalue weighted by atomic mass is 127. The molecule has 0 spiro atoms. The van der Waals surface area contributed by atoms with Gasteiger partial charge in [0, 0.05) is 0 Å². The second-order valence-corrected chi connectivity index (χ2v) is 7.22. The average molecular weight is 396 g/mol. The molecule has 108 valence electrons. The summed E-state index contributed by atoms with van der Waals surface area (Å²) in [6, 6.07) is 17.7. The summed E-state index contributed by atoms with van der Waals surface area (Å²) < 4.78 is 42.0. The maximum atomic E-state index is 9.75. The van der Waals surface area contributed by atoms with Crippen LogP contribution in [0.25, 0.3) is 0 Å². The van der Waals surface area contributed by atoms with Crippen molar-refractivity contribution in [1.29, 1.82) is 0 Å². The van der Waals surface area contributed by atoms with E-state index >= 15 is 0 Å². The lowest BCUT2D eigenvalue weighted by Crippen LogP contribution is -3.61. The van der Waals surface area contributed by atoms with E-state index in [-0.39, 0.29) is 21.2 Å². The van der Waals surface area contributed by atoms with E-state index < -0.39 is 7.25 Å². The highest BCUT2D eigenvalue weighted by Gasteiger charge is 2.20. The summed E-state index contributed by atoms with van der Waals surface area (Å²) in [7, 11) is -6.00. The van der Waals surface area contributed by atoms with Crippen LogP contribution in [0.4, 0.5) is 17.3 Å². The van der Waals surface area contributed by atoms with Crippen molar-refractivity contribution in [2.45, 2.75) is 13.8 Å². The van der Waals surface area contributed by atoms with E-state index in [0.29, 0.717) is 0 Å². The molecule has 0 heterocycles. The number of hydrogen-bond acceptors (Lipinski definition) is 0. The molecule has 0 N–H and O–H groups in total. The van der Waals surface area contributed by atoms with Gasteiger partial charge in [-0.25, -0.2) is 0 Å². The van der Waals surface area contributed by atoms with E-state index in [1.165, 1.54) is 18.3 Å². The van der Waals surface area contributed by atoms with Crippen LogP contribution in [0.1, 0.15) is 11.1 Å². The molecular formula is C14H14BF4I. The van der Waals surface area contributed by atoms with Gasteiger partial charge in [0.15, 0.2) is 7.14 Å². The number of aryl methyl sites for hydroxylation is 2. The SMILES string of the molecule is Cc1cccc([I+]c2cccc(C)c2)c1.F[B-](F)(F)F. The first-order valence-corrected chi connectivity index (χ1v) is 8.05. The number of rotatable bonds is 2. The predicted octanol–water partition coefficient (Wildman–Crippen LogP) is 1.73. The molecule has 0 nitrogen and oxygen atoms in total. The molecule has 20 heavy (non-hydrogen) atoms. The molecule has 0 saturated heterocycles. The zero-order valence-electron chi connectivity index (χ0n) is 11.1. The van der Waals surface area contributed by atoms with E-state index in [9.17, 15) is 17.3 Å². The van der Waals surface area contributed by atoms with Crippen LogP contribution in [0, 0.1) is 21.0 Å². The van der Waals surface area contributed by atoms with Crippen LogP contribution in [0.5, 0.6) is 0 Å². The van der Waals surface area contributed by atoms with Crippen molar-refractivity contribution >= 4 is 7.25 Å². The van der Waals surface area contributed by atoms with Gasteiger partial charge in [-0.3, -0.25) is 0 Å². The third kappa shape index (κ3) is 8.19. The minimum Gasteiger partial charge on any atom is -0.418 e. The van der Waals surface area contributed by atoms with E-state index in [0.717, 1.165) is 0 Å². The molecule has 0 aliphatic carbocycles. The van der Waals surface area contributed by atoms with Gasteiger partial charge in [-0.05, 0) is 49.2 Å². The van der Waals surface area contributed by atoms with Crippen molar-refractivity contribution in [3.8, 4) is 0 Å². The summed E-state index contributed by atoms with van der Waals surface area (Å²) in [5.74, 6) is 0. The first-order valence-electron chi connectivity index (χ1n) is 5.89. The fourth-order valence-electron chi connectivity index (χ4n) is 1.45. The van der Waals surface area contributed by atoms with E-state index in [1.54, 1.807) is 0 Å². The molecule has 0 amide bonds. The van der Waals surface area contributed by atoms with Gasteiger partial charge >= 0.3 is 28.5 Å². The zero-order valence-corrected chi connectivity index (χ0v) is 13.2. The second kappa shape index (κ2) is 7.66. The molecule has 6 heteroatoms. The van der Waals surface area contributed by atoms with Gasteiger partial charge in [-0.15, -0.1) is 0 Å². The summed E-state index contributed by atoms with van der Waals surface area (Å²) in [5.41, 5.74) is 2.72. The molecular weight excluding hydrogens is 382 g/mol. The Hall–Kier alpha value is -1.05. The highest BCUT2D eigenvalue weighted by molar-refractivity contribution is 6.50. The molecule has 0 fully saturated rings. The van der Waals surface area contributed by atoms with Gasteiger partial charge in [0.2, 0.25) is 0 Å². The highest BCUT2D eigenvalue weighted by Crippen LogP contribution is 2.06. The normalized spacial score (nSPS) is 10.7. The van der Waals surface area contributed by atoms with Gasteiger partial charge in [-0.2, -0.15) is 0 Å². The first-order chi connectivity index (χ1) is 9.24. The van der Waals surface area contributed by atoms with Crippen LogP contribution in [-0.4, -0.2) is 7.25 Å². The third-order valence-corrected chi connectivity index (χ3v) is 4.77. The summed E-state index contributed by atoms with van der Waals surface area (Å²) in [5, 5.41) is 0. The van der Waals surface area contributed by atoms with Crippen LogP contribution >= 0.6 is 0 Å². The molecule has 0 atom stereocenters. The van der Waals surface area contributed by atoms with Crippen molar-refractivity contribution in [3.63, 3.8) is 0 Å². The van der Waals surface area contributed by atoms with Crippen molar-refractivity contribution in [2.24, 2.45) is 0 Å². The molecule has 0 aliphatic heterocycles. The van der Waals surface area contributed by atoms with E-state index in [1.807, 2.05) is 0 Å². The molecule has 0 radical (unpaired) electrons. The van der Waals surface area contributed by atoms with Crippen molar-refractivity contribution in [2.75, 3.05) is 0 Å². The van der Waals surface area contributed by atoms with E-state index in [2.05, 4.69) is 62.4 Å². The number of hydrogen-bond donors (Lipinski definition) is 0. The lowest BCUT2D eigenvalue weighted by Gasteiger charge is -1.94. The Morgan fingerprint density at radius 2 is 1.10 bits per heavy atom. The minimum atomic E-state index is -6.00. The Balaban J connectivity index is 0.000000347. The third-order valence-electron chi connectivity index (χ3n) is 2.18. The smallest absolute Gasteiger partial charge is 0.418 e. The molecule has 2 aromatic carbocycles. The Kier molecular flexibility index (Phi) is 6.52. The predicted molar refractivity (Wildman–Crippen MR) is 69.9 cm³/mol. The number of benzene rings is 2. The molecule has 0 unspecified atom stereocenters.